The molecule has 3 heteroatoms. The predicted octanol–water partition coefficient (Wildman–Crippen LogP) is 3.34. The predicted molar refractivity (Wildman–Crippen MR) is 72.2 cm³/mol. The van der Waals surface area contributed by atoms with Crippen molar-refractivity contribution in [3.8, 4) is 5.75 Å². The number of ether oxygens (including phenoxy) is 1. The van der Waals surface area contributed by atoms with Crippen LogP contribution in [-0.4, -0.2) is 23.4 Å². The van der Waals surface area contributed by atoms with E-state index >= 15 is 0 Å². The molecule has 0 radical (unpaired) electrons. The van der Waals surface area contributed by atoms with Gasteiger partial charge in [-0.2, -0.15) is 11.8 Å². The van der Waals surface area contributed by atoms with Gasteiger partial charge in [-0.05, 0) is 18.1 Å². The summed E-state index contributed by atoms with van der Waals surface area (Å²) >= 11 is 1.72. The van der Waals surface area contributed by atoms with Crippen LogP contribution < -0.4 is 4.74 Å². The molecule has 0 N–H and O–H groups in total. The Bertz CT molecular complexity index is 415. The molecule has 1 aliphatic rings. The van der Waals surface area contributed by atoms with Gasteiger partial charge >= 0.3 is 0 Å². The Hall–Kier alpha value is -0.960. The van der Waals surface area contributed by atoms with Crippen molar-refractivity contribution in [1.29, 1.82) is 0 Å². The molecule has 0 fully saturated rings. The number of rotatable bonds is 5. The number of Topliss-reactive ketones (excluding diaryl/α,β-unsaturated/α-hetero) is 1. The van der Waals surface area contributed by atoms with E-state index in [2.05, 4.69) is 13.8 Å². The molecular formula is C14H18O2S. The summed E-state index contributed by atoms with van der Waals surface area (Å²) in [6.07, 6.45) is 2.02. The first-order valence-corrected chi connectivity index (χ1v) is 7.16. The second-order valence-electron chi connectivity index (χ2n) is 4.35. The van der Waals surface area contributed by atoms with E-state index in [1.807, 2.05) is 18.2 Å². The van der Waals surface area contributed by atoms with Gasteiger partial charge in [0.1, 0.15) is 5.75 Å². The van der Waals surface area contributed by atoms with Gasteiger partial charge < -0.3 is 4.74 Å². The molecule has 0 amide bonds. The van der Waals surface area contributed by atoms with E-state index in [1.54, 1.807) is 11.8 Å². The number of fused-ring (bicyclic) bond motifs is 1. The van der Waals surface area contributed by atoms with Crippen LogP contribution in [0.2, 0.25) is 0 Å². The van der Waals surface area contributed by atoms with E-state index in [0.717, 1.165) is 24.2 Å². The molecule has 1 heterocycles. The fourth-order valence-corrected chi connectivity index (χ4v) is 2.68. The fraction of sp³-hybridized carbons (Fsp3) is 0.500. The van der Waals surface area contributed by atoms with Gasteiger partial charge in [-0.3, -0.25) is 4.79 Å². The topological polar surface area (TPSA) is 26.3 Å². The Morgan fingerprint density at radius 2 is 2.35 bits per heavy atom. The lowest BCUT2D eigenvalue weighted by atomic mass is 10.1. The lowest BCUT2D eigenvalue weighted by molar-refractivity contribution is 0.101. The summed E-state index contributed by atoms with van der Waals surface area (Å²) in [6.45, 7) is 5.01. The van der Waals surface area contributed by atoms with Crippen LogP contribution in [0, 0.1) is 0 Å². The summed E-state index contributed by atoms with van der Waals surface area (Å²) < 4.78 is 5.55. The summed E-state index contributed by atoms with van der Waals surface area (Å²) in [6, 6.07) is 5.87. The number of para-hydroxylation sites is 1. The van der Waals surface area contributed by atoms with Gasteiger partial charge in [-0.25, -0.2) is 0 Å². The maximum Gasteiger partial charge on any atom is 0.176 e. The molecule has 0 aromatic heterocycles. The minimum absolute atomic E-state index is 0.189. The van der Waals surface area contributed by atoms with E-state index in [-0.39, 0.29) is 5.78 Å². The number of thioether (sulfide) groups is 1. The van der Waals surface area contributed by atoms with Gasteiger partial charge in [-0.15, -0.1) is 0 Å². The molecule has 1 aromatic carbocycles. The van der Waals surface area contributed by atoms with Crippen molar-refractivity contribution in [2.75, 3.05) is 12.4 Å². The normalized spacial score (nSPS) is 15.2. The first kappa shape index (κ1) is 12.5. The van der Waals surface area contributed by atoms with Crippen LogP contribution >= 0.6 is 11.8 Å². The minimum Gasteiger partial charge on any atom is -0.492 e. The van der Waals surface area contributed by atoms with E-state index in [1.165, 1.54) is 5.56 Å². The van der Waals surface area contributed by atoms with Crippen molar-refractivity contribution in [3.63, 3.8) is 0 Å². The number of carbonyl (C=O) groups excluding carboxylic acids is 1. The van der Waals surface area contributed by atoms with Crippen LogP contribution in [0.25, 0.3) is 0 Å². The number of benzene rings is 1. The molecule has 0 spiro atoms. The Morgan fingerprint density at radius 3 is 3.12 bits per heavy atom. The lowest BCUT2D eigenvalue weighted by Gasteiger charge is -2.09. The van der Waals surface area contributed by atoms with Crippen molar-refractivity contribution < 1.29 is 9.53 Å². The van der Waals surface area contributed by atoms with E-state index in [4.69, 9.17) is 4.74 Å². The first-order chi connectivity index (χ1) is 8.22. The van der Waals surface area contributed by atoms with Crippen LogP contribution in [0.5, 0.6) is 5.75 Å². The Morgan fingerprint density at radius 1 is 1.53 bits per heavy atom. The zero-order chi connectivity index (χ0) is 12.3. The van der Waals surface area contributed by atoms with Gasteiger partial charge in [-0.1, -0.05) is 26.0 Å². The molecule has 1 atom stereocenters. The van der Waals surface area contributed by atoms with Crippen LogP contribution in [0.3, 0.4) is 0 Å². The van der Waals surface area contributed by atoms with E-state index in [9.17, 15) is 4.79 Å². The minimum atomic E-state index is 0.189. The van der Waals surface area contributed by atoms with Crippen LogP contribution in [0.15, 0.2) is 18.2 Å². The number of carbonyl (C=O) groups is 1. The van der Waals surface area contributed by atoms with Gasteiger partial charge in [0.15, 0.2) is 5.78 Å². The van der Waals surface area contributed by atoms with Gasteiger partial charge in [0.25, 0.3) is 0 Å². The van der Waals surface area contributed by atoms with E-state index < -0.39 is 0 Å². The summed E-state index contributed by atoms with van der Waals surface area (Å²) in [5, 5.41) is 0.539. The highest BCUT2D eigenvalue weighted by Crippen LogP contribution is 2.30. The van der Waals surface area contributed by atoms with Crippen LogP contribution in [0.4, 0.5) is 0 Å². The highest BCUT2D eigenvalue weighted by atomic mass is 32.2. The molecule has 0 aliphatic carbocycles. The molecule has 2 nitrogen and oxygen atoms in total. The zero-order valence-electron chi connectivity index (χ0n) is 10.4. The highest BCUT2D eigenvalue weighted by Gasteiger charge is 2.20. The maximum atomic E-state index is 12.1. The maximum absolute atomic E-state index is 12.1. The molecule has 0 bridgehead atoms. The average Bonchev–Trinajstić information content (AvgIpc) is 2.83. The molecule has 92 valence electrons. The molecule has 0 saturated heterocycles. The van der Waals surface area contributed by atoms with Crippen LogP contribution in [-0.2, 0) is 6.42 Å². The molecule has 17 heavy (non-hydrogen) atoms. The van der Waals surface area contributed by atoms with Gasteiger partial charge in [0.05, 0.1) is 17.9 Å². The second kappa shape index (κ2) is 5.58. The quantitative estimate of drug-likeness (QED) is 0.750. The first-order valence-electron chi connectivity index (χ1n) is 6.12. The molecule has 1 unspecified atom stereocenters. The Kier molecular flexibility index (Phi) is 4.11. The SMILES string of the molecule is CCC(C)SCC(=O)c1cccc2c1OCC2. The molecule has 2 rings (SSSR count). The number of hydrogen-bond donors (Lipinski definition) is 0. The van der Waals surface area contributed by atoms with Crippen molar-refractivity contribution in [3.05, 3.63) is 29.3 Å². The summed E-state index contributed by atoms with van der Waals surface area (Å²) in [5.74, 6) is 1.56. The third kappa shape index (κ3) is 2.83. The molecule has 1 aliphatic heterocycles. The standard InChI is InChI=1S/C14H18O2S/c1-3-10(2)17-9-13(15)12-6-4-5-11-7-8-16-14(11)12/h4-6,10H,3,7-9H2,1-2H3. The van der Waals surface area contributed by atoms with Crippen molar-refractivity contribution >= 4 is 17.5 Å². The smallest absolute Gasteiger partial charge is 0.176 e. The highest BCUT2D eigenvalue weighted by molar-refractivity contribution is 8.00. The zero-order valence-corrected chi connectivity index (χ0v) is 11.2. The van der Waals surface area contributed by atoms with Crippen molar-refractivity contribution in [1.82, 2.24) is 0 Å². The van der Waals surface area contributed by atoms with Crippen molar-refractivity contribution in [2.45, 2.75) is 31.9 Å². The van der Waals surface area contributed by atoms with E-state index in [0.29, 0.717) is 17.6 Å². The largest absolute Gasteiger partial charge is 0.492 e. The van der Waals surface area contributed by atoms with Crippen LogP contribution in [0.1, 0.15) is 36.2 Å². The summed E-state index contributed by atoms with van der Waals surface area (Å²) in [4.78, 5) is 12.1. The average molecular weight is 250 g/mol. The third-order valence-electron chi connectivity index (χ3n) is 3.09. The summed E-state index contributed by atoms with van der Waals surface area (Å²) in [5.41, 5.74) is 1.93. The number of ketones is 1. The Balaban J connectivity index is 2.07. The van der Waals surface area contributed by atoms with Crippen molar-refractivity contribution in [2.24, 2.45) is 0 Å². The molecule has 0 saturated carbocycles. The fourth-order valence-electron chi connectivity index (χ4n) is 1.85. The number of hydrogen-bond acceptors (Lipinski definition) is 3. The van der Waals surface area contributed by atoms with Gasteiger partial charge in [0.2, 0.25) is 0 Å². The molecule has 1 aromatic rings. The molecular weight excluding hydrogens is 232 g/mol. The second-order valence-corrected chi connectivity index (χ2v) is 5.77. The summed E-state index contributed by atoms with van der Waals surface area (Å²) in [7, 11) is 0. The third-order valence-corrected chi connectivity index (χ3v) is 4.42. The monoisotopic (exact) mass is 250 g/mol. The Labute approximate surface area is 107 Å². The van der Waals surface area contributed by atoms with Gasteiger partial charge in [0, 0.05) is 11.7 Å². The lowest BCUT2D eigenvalue weighted by Crippen LogP contribution is -2.07.